The Kier molecular flexibility index (Phi) is 5.23. The number of aromatic nitrogens is 4. The third kappa shape index (κ3) is 3.95. The number of nitrogens with zero attached hydrogens (tertiary/aromatic N) is 4. The van der Waals surface area contributed by atoms with Crippen LogP contribution in [0.25, 0.3) is 22.2 Å². The van der Waals surface area contributed by atoms with Crippen molar-refractivity contribution < 1.29 is 9.21 Å². The van der Waals surface area contributed by atoms with E-state index in [-0.39, 0.29) is 17.6 Å². The van der Waals surface area contributed by atoms with Crippen LogP contribution in [-0.2, 0) is 4.79 Å². The molecule has 1 N–H and O–H groups in total. The van der Waals surface area contributed by atoms with Crippen molar-refractivity contribution in [3.8, 4) is 11.5 Å². The minimum absolute atomic E-state index is 0.0849. The van der Waals surface area contributed by atoms with Crippen LogP contribution in [0.2, 0.25) is 0 Å². The fourth-order valence-electron chi connectivity index (χ4n) is 3.85. The van der Waals surface area contributed by atoms with Gasteiger partial charge in [0.1, 0.15) is 5.82 Å². The lowest BCUT2D eigenvalue weighted by molar-refractivity contribution is -0.129. The summed E-state index contributed by atoms with van der Waals surface area (Å²) in [6.45, 7) is 1.47. The van der Waals surface area contributed by atoms with Gasteiger partial charge in [-0.25, -0.2) is 4.98 Å². The molecular formula is C22H21N5O2S. The van der Waals surface area contributed by atoms with Gasteiger partial charge >= 0.3 is 0 Å². The number of carbonyl (C=O) groups is 1. The van der Waals surface area contributed by atoms with Crippen molar-refractivity contribution in [2.24, 2.45) is 0 Å². The smallest absolute Gasteiger partial charge is 0.277 e. The summed E-state index contributed by atoms with van der Waals surface area (Å²) in [7, 11) is 0. The van der Waals surface area contributed by atoms with E-state index in [1.54, 1.807) is 6.20 Å². The largest absolute Gasteiger partial charge is 0.411 e. The number of hydrogen-bond acceptors (Lipinski definition) is 6. The summed E-state index contributed by atoms with van der Waals surface area (Å²) in [5.41, 5.74) is 0.872. The first kappa shape index (κ1) is 18.9. The van der Waals surface area contributed by atoms with Crippen molar-refractivity contribution in [1.82, 2.24) is 25.1 Å². The van der Waals surface area contributed by atoms with E-state index in [1.165, 1.54) is 11.8 Å². The molecule has 7 nitrogen and oxygen atoms in total. The third-order valence-corrected chi connectivity index (χ3v) is 6.21. The number of piperidine rings is 1. The van der Waals surface area contributed by atoms with Crippen molar-refractivity contribution >= 4 is 28.4 Å². The van der Waals surface area contributed by atoms with Gasteiger partial charge in [0.2, 0.25) is 11.8 Å². The zero-order valence-corrected chi connectivity index (χ0v) is 17.1. The van der Waals surface area contributed by atoms with E-state index in [4.69, 9.17) is 4.42 Å². The fraction of sp³-hybridized carbons (Fsp3) is 0.273. The average molecular weight is 420 g/mol. The van der Waals surface area contributed by atoms with Crippen LogP contribution in [-0.4, -0.2) is 49.8 Å². The molecule has 1 amide bonds. The van der Waals surface area contributed by atoms with Gasteiger partial charge in [0.25, 0.3) is 5.22 Å². The number of fused-ring (bicyclic) bond motifs is 1. The lowest BCUT2D eigenvalue weighted by Gasteiger charge is -2.31. The van der Waals surface area contributed by atoms with E-state index in [0.717, 1.165) is 41.5 Å². The second-order valence-corrected chi connectivity index (χ2v) is 8.30. The minimum atomic E-state index is 0.0849. The zero-order valence-electron chi connectivity index (χ0n) is 16.3. The van der Waals surface area contributed by atoms with E-state index in [1.807, 2.05) is 41.4 Å². The summed E-state index contributed by atoms with van der Waals surface area (Å²) >= 11 is 1.29. The zero-order chi connectivity index (χ0) is 20.3. The van der Waals surface area contributed by atoms with E-state index in [9.17, 15) is 4.79 Å². The molecule has 1 aliphatic rings. The molecule has 1 unspecified atom stereocenters. The van der Waals surface area contributed by atoms with E-state index in [2.05, 4.69) is 32.3 Å². The van der Waals surface area contributed by atoms with Crippen molar-refractivity contribution in [2.45, 2.75) is 24.0 Å². The van der Waals surface area contributed by atoms with Crippen molar-refractivity contribution in [3.63, 3.8) is 0 Å². The SMILES string of the molecule is O=C(CSc1nnc(-c2ccc3ccccc3c2)o1)N1CCCC(c2ncc[nH]2)C1. The maximum atomic E-state index is 12.7. The summed E-state index contributed by atoms with van der Waals surface area (Å²) in [5.74, 6) is 2.06. The van der Waals surface area contributed by atoms with E-state index < -0.39 is 0 Å². The molecule has 0 aliphatic carbocycles. The van der Waals surface area contributed by atoms with Gasteiger partial charge in [-0.15, -0.1) is 10.2 Å². The molecular weight excluding hydrogens is 398 g/mol. The molecule has 8 heteroatoms. The highest BCUT2D eigenvalue weighted by Crippen LogP contribution is 2.28. The Morgan fingerprint density at radius 2 is 2.10 bits per heavy atom. The van der Waals surface area contributed by atoms with Crippen LogP contribution in [0.1, 0.15) is 24.6 Å². The molecule has 0 bridgehead atoms. The minimum Gasteiger partial charge on any atom is -0.411 e. The van der Waals surface area contributed by atoms with Crippen LogP contribution in [0.5, 0.6) is 0 Å². The van der Waals surface area contributed by atoms with Crippen LogP contribution in [0.3, 0.4) is 0 Å². The fourth-order valence-corrected chi connectivity index (χ4v) is 4.52. The van der Waals surface area contributed by atoms with Gasteiger partial charge < -0.3 is 14.3 Å². The molecule has 2 aromatic carbocycles. The van der Waals surface area contributed by atoms with Crippen molar-refractivity contribution in [2.75, 3.05) is 18.8 Å². The van der Waals surface area contributed by atoms with Crippen LogP contribution < -0.4 is 0 Å². The topological polar surface area (TPSA) is 87.9 Å². The lowest BCUT2D eigenvalue weighted by Crippen LogP contribution is -2.40. The van der Waals surface area contributed by atoms with Gasteiger partial charge in [-0.05, 0) is 35.7 Å². The summed E-state index contributed by atoms with van der Waals surface area (Å²) in [4.78, 5) is 22.1. The van der Waals surface area contributed by atoms with Crippen LogP contribution in [0, 0.1) is 0 Å². The number of benzene rings is 2. The number of carbonyl (C=O) groups excluding carboxylic acids is 1. The van der Waals surface area contributed by atoms with Crippen LogP contribution in [0.15, 0.2) is 64.5 Å². The number of amides is 1. The maximum Gasteiger partial charge on any atom is 0.277 e. The van der Waals surface area contributed by atoms with Gasteiger partial charge in [0.05, 0.1) is 5.75 Å². The van der Waals surface area contributed by atoms with Crippen molar-refractivity contribution in [1.29, 1.82) is 0 Å². The molecule has 0 radical (unpaired) electrons. The number of rotatable bonds is 5. The summed E-state index contributed by atoms with van der Waals surface area (Å²) < 4.78 is 5.79. The molecule has 1 saturated heterocycles. The van der Waals surface area contributed by atoms with Gasteiger partial charge in [-0.3, -0.25) is 4.79 Å². The van der Waals surface area contributed by atoms with E-state index in [0.29, 0.717) is 17.7 Å². The molecule has 2 aromatic heterocycles. The Hall–Kier alpha value is -3.13. The standard InChI is InChI=1S/C22H21N5O2S/c28-19(27-11-3-6-18(13-27)20-23-9-10-24-20)14-30-22-26-25-21(29-22)17-8-7-15-4-1-2-5-16(15)12-17/h1-2,4-5,7-10,12,18H,3,6,11,13-14H2,(H,23,24). The first-order chi connectivity index (χ1) is 14.8. The number of H-pyrrole nitrogens is 1. The van der Waals surface area contributed by atoms with E-state index >= 15 is 0 Å². The molecule has 1 atom stereocenters. The highest BCUT2D eigenvalue weighted by Gasteiger charge is 2.26. The molecule has 5 rings (SSSR count). The van der Waals surface area contributed by atoms with Gasteiger partial charge in [0, 0.05) is 37.0 Å². The molecule has 0 spiro atoms. The second kappa shape index (κ2) is 8.31. The third-order valence-electron chi connectivity index (χ3n) is 5.40. The normalized spacial score (nSPS) is 16.8. The van der Waals surface area contributed by atoms with Gasteiger partial charge in [-0.2, -0.15) is 0 Å². The summed E-state index contributed by atoms with van der Waals surface area (Å²) in [6, 6.07) is 14.2. The maximum absolute atomic E-state index is 12.7. The first-order valence-corrected chi connectivity index (χ1v) is 11.0. The molecule has 3 heterocycles. The number of nitrogens with one attached hydrogen (secondary N) is 1. The van der Waals surface area contributed by atoms with Crippen LogP contribution >= 0.6 is 11.8 Å². The Balaban J connectivity index is 1.21. The first-order valence-electron chi connectivity index (χ1n) is 9.99. The summed E-state index contributed by atoms with van der Waals surface area (Å²) in [6.07, 6.45) is 5.61. The number of aromatic amines is 1. The molecule has 1 aliphatic heterocycles. The molecule has 4 aromatic rings. The van der Waals surface area contributed by atoms with Crippen molar-refractivity contribution in [3.05, 3.63) is 60.7 Å². The number of imidazole rings is 1. The highest BCUT2D eigenvalue weighted by molar-refractivity contribution is 7.99. The second-order valence-electron chi connectivity index (χ2n) is 7.38. The molecule has 30 heavy (non-hydrogen) atoms. The van der Waals surface area contributed by atoms with Crippen LogP contribution in [0.4, 0.5) is 0 Å². The quantitative estimate of drug-likeness (QED) is 0.490. The van der Waals surface area contributed by atoms with Gasteiger partial charge in [-0.1, -0.05) is 42.1 Å². The predicted octanol–water partition coefficient (Wildman–Crippen LogP) is 4.11. The Morgan fingerprint density at radius 1 is 1.20 bits per heavy atom. The Bertz CT molecular complexity index is 1160. The Labute approximate surface area is 177 Å². The highest BCUT2D eigenvalue weighted by atomic mass is 32.2. The molecule has 152 valence electrons. The predicted molar refractivity (Wildman–Crippen MR) is 115 cm³/mol. The molecule has 0 saturated carbocycles. The number of likely N-dealkylation sites (tertiary alicyclic amines) is 1. The number of hydrogen-bond donors (Lipinski definition) is 1. The monoisotopic (exact) mass is 419 g/mol. The number of thioether (sulfide) groups is 1. The lowest BCUT2D eigenvalue weighted by atomic mass is 9.97. The Morgan fingerprint density at radius 3 is 2.97 bits per heavy atom. The average Bonchev–Trinajstić information content (AvgIpc) is 3.50. The van der Waals surface area contributed by atoms with Gasteiger partial charge in [0.15, 0.2) is 0 Å². The molecule has 1 fully saturated rings. The summed E-state index contributed by atoms with van der Waals surface area (Å²) in [5, 5.41) is 11.0.